The third-order valence-corrected chi connectivity index (χ3v) is 7.14. The molecule has 1 aliphatic heterocycles. The number of halogens is 1. The number of amides is 1. The third-order valence-electron chi connectivity index (χ3n) is 4.92. The lowest BCUT2D eigenvalue weighted by atomic mass is 9.98. The van der Waals surface area contributed by atoms with E-state index in [1.165, 1.54) is 15.3 Å². The van der Waals surface area contributed by atoms with E-state index < -0.39 is 0 Å². The molecule has 2 aromatic heterocycles. The number of anilines is 1. The highest BCUT2D eigenvalue weighted by atomic mass is 35.5. The highest BCUT2D eigenvalue weighted by Gasteiger charge is 2.31. The van der Waals surface area contributed by atoms with E-state index in [0.717, 1.165) is 24.1 Å². The Morgan fingerprint density at radius 2 is 2.11 bits per heavy atom. The quantitative estimate of drug-likeness (QED) is 0.594. The van der Waals surface area contributed by atoms with Crippen molar-refractivity contribution in [1.29, 1.82) is 0 Å². The molecule has 140 valence electrons. The van der Waals surface area contributed by atoms with Crippen LogP contribution in [0.5, 0.6) is 0 Å². The molecule has 0 saturated heterocycles. The smallest absolute Gasteiger partial charge is 0.238 e. The number of aryl methyl sites for hydroxylation is 2. The monoisotopic (exact) mass is 416 g/mol. The normalized spacial score (nSPS) is 16.9. The molecule has 1 N–H and O–H groups in total. The molecule has 0 fully saturated rings. The van der Waals surface area contributed by atoms with Crippen molar-refractivity contribution in [3.8, 4) is 0 Å². The number of hydrogen-bond donors (Lipinski definition) is 1. The number of fused-ring (bicyclic) bond motifs is 1. The number of carbonyl (C=O) groups is 1. The van der Waals surface area contributed by atoms with Crippen molar-refractivity contribution in [2.24, 2.45) is 0 Å². The zero-order chi connectivity index (χ0) is 19.0. The Morgan fingerprint density at radius 3 is 2.85 bits per heavy atom. The molecule has 3 nitrogen and oxygen atoms in total. The van der Waals surface area contributed by atoms with Crippen LogP contribution in [0.1, 0.15) is 32.5 Å². The summed E-state index contributed by atoms with van der Waals surface area (Å²) in [6, 6.07) is 10.5. The molecule has 0 spiro atoms. The van der Waals surface area contributed by atoms with E-state index in [4.69, 9.17) is 11.6 Å². The summed E-state index contributed by atoms with van der Waals surface area (Å²) in [4.78, 5) is 17.8. The van der Waals surface area contributed by atoms with Crippen LogP contribution in [0.25, 0.3) is 0 Å². The predicted molar refractivity (Wildman–Crippen MR) is 115 cm³/mol. The molecule has 1 unspecified atom stereocenters. The van der Waals surface area contributed by atoms with E-state index in [2.05, 4.69) is 39.2 Å². The second-order valence-electron chi connectivity index (χ2n) is 6.92. The van der Waals surface area contributed by atoms with E-state index in [0.29, 0.717) is 17.3 Å². The zero-order valence-electron chi connectivity index (χ0n) is 15.3. The van der Waals surface area contributed by atoms with Crippen LogP contribution in [-0.2, 0) is 11.2 Å². The molecule has 1 aliphatic rings. The fourth-order valence-electron chi connectivity index (χ4n) is 3.76. The Kier molecular flexibility index (Phi) is 5.37. The summed E-state index contributed by atoms with van der Waals surface area (Å²) in [5.74, 6) is -0.0240. The van der Waals surface area contributed by atoms with Gasteiger partial charge in [0.2, 0.25) is 5.91 Å². The van der Waals surface area contributed by atoms with Gasteiger partial charge in [-0.2, -0.15) is 0 Å². The Balaban J connectivity index is 1.56. The molecule has 4 rings (SSSR count). The lowest BCUT2D eigenvalue weighted by molar-refractivity contribution is -0.117. The van der Waals surface area contributed by atoms with Gasteiger partial charge in [0.1, 0.15) is 0 Å². The summed E-state index contributed by atoms with van der Waals surface area (Å²) in [5, 5.41) is 7.88. The van der Waals surface area contributed by atoms with E-state index in [1.54, 1.807) is 11.3 Å². The van der Waals surface area contributed by atoms with Crippen LogP contribution in [0.3, 0.4) is 0 Å². The van der Waals surface area contributed by atoms with Gasteiger partial charge in [0, 0.05) is 16.3 Å². The van der Waals surface area contributed by atoms with Crippen molar-refractivity contribution in [1.82, 2.24) is 4.90 Å². The van der Waals surface area contributed by atoms with Crippen LogP contribution in [0.4, 0.5) is 5.69 Å². The highest BCUT2D eigenvalue weighted by Crippen LogP contribution is 2.39. The molecular formula is C21H21ClN2OS2. The molecule has 27 heavy (non-hydrogen) atoms. The maximum absolute atomic E-state index is 12.8. The minimum Gasteiger partial charge on any atom is -0.323 e. The second kappa shape index (κ2) is 7.76. The van der Waals surface area contributed by atoms with E-state index in [9.17, 15) is 4.79 Å². The molecule has 6 heteroatoms. The summed E-state index contributed by atoms with van der Waals surface area (Å²) in [7, 11) is 0. The molecule has 3 heterocycles. The van der Waals surface area contributed by atoms with Gasteiger partial charge in [-0.1, -0.05) is 23.7 Å². The van der Waals surface area contributed by atoms with Gasteiger partial charge in [0.05, 0.1) is 23.3 Å². The van der Waals surface area contributed by atoms with Crippen LogP contribution in [0, 0.1) is 13.8 Å². The SMILES string of the molecule is Cc1cc(C)c(NC(=O)CN2CCc3sccc3C2c2cccs2)c(Cl)c1. The lowest BCUT2D eigenvalue weighted by Gasteiger charge is -2.35. The Bertz CT molecular complexity index is 941. The minimum atomic E-state index is -0.0240. The largest absolute Gasteiger partial charge is 0.323 e. The van der Waals surface area contributed by atoms with Gasteiger partial charge >= 0.3 is 0 Å². The molecule has 1 atom stereocenters. The minimum absolute atomic E-state index is 0.0240. The number of thiophene rings is 2. The van der Waals surface area contributed by atoms with Gasteiger partial charge in [-0.05, 0) is 65.9 Å². The van der Waals surface area contributed by atoms with Crippen molar-refractivity contribution >= 4 is 45.9 Å². The topological polar surface area (TPSA) is 32.3 Å². The van der Waals surface area contributed by atoms with Gasteiger partial charge in [-0.3, -0.25) is 9.69 Å². The summed E-state index contributed by atoms with van der Waals surface area (Å²) in [6.45, 7) is 5.20. The Morgan fingerprint density at radius 1 is 1.26 bits per heavy atom. The van der Waals surface area contributed by atoms with Crippen LogP contribution >= 0.6 is 34.3 Å². The second-order valence-corrected chi connectivity index (χ2v) is 9.31. The molecule has 1 amide bonds. The highest BCUT2D eigenvalue weighted by molar-refractivity contribution is 7.10. The molecule has 3 aromatic rings. The molecule has 0 saturated carbocycles. The maximum atomic E-state index is 12.8. The van der Waals surface area contributed by atoms with E-state index >= 15 is 0 Å². The first-order valence-electron chi connectivity index (χ1n) is 8.93. The summed E-state index contributed by atoms with van der Waals surface area (Å²) in [5.41, 5.74) is 4.13. The van der Waals surface area contributed by atoms with Crippen molar-refractivity contribution in [3.63, 3.8) is 0 Å². The van der Waals surface area contributed by atoms with Crippen LogP contribution < -0.4 is 5.32 Å². The first-order chi connectivity index (χ1) is 13.0. The standard InChI is InChI=1S/C21H21ClN2OS2/c1-13-10-14(2)20(16(22)11-13)23-19(25)12-24-7-5-17-15(6-9-27-17)21(24)18-4-3-8-26-18/h3-4,6,8-11,21H,5,7,12H2,1-2H3,(H,23,25). The summed E-state index contributed by atoms with van der Waals surface area (Å²) in [6.07, 6.45) is 0.993. The molecule has 1 aromatic carbocycles. The fourth-order valence-corrected chi connectivity index (χ4v) is 5.90. The fraction of sp³-hybridized carbons (Fsp3) is 0.286. The van der Waals surface area contributed by atoms with Crippen molar-refractivity contribution < 1.29 is 4.79 Å². The number of hydrogen-bond acceptors (Lipinski definition) is 4. The number of rotatable bonds is 4. The lowest BCUT2D eigenvalue weighted by Crippen LogP contribution is -2.40. The predicted octanol–water partition coefficient (Wildman–Crippen LogP) is 5.67. The van der Waals surface area contributed by atoms with Gasteiger partial charge in [0.25, 0.3) is 0 Å². The van der Waals surface area contributed by atoms with Gasteiger partial charge in [0.15, 0.2) is 0 Å². The van der Waals surface area contributed by atoms with Gasteiger partial charge in [-0.25, -0.2) is 0 Å². The van der Waals surface area contributed by atoms with Crippen molar-refractivity contribution in [3.05, 3.63) is 72.6 Å². The Hall–Kier alpha value is -1.66. The van der Waals surface area contributed by atoms with E-state index in [-0.39, 0.29) is 11.9 Å². The molecule has 0 radical (unpaired) electrons. The van der Waals surface area contributed by atoms with Gasteiger partial charge in [-0.15, -0.1) is 22.7 Å². The number of carbonyl (C=O) groups excluding carboxylic acids is 1. The number of benzene rings is 1. The first-order valence-corrected chi connectivity index (χ1v) is 11.1. The van der Waals surface area contributed by atoms with Crippen LogP contribution in [0.2, 0.25) is 5.02 Å². The zero-order valence-corrected chi connectivity index (χ0v) is 17.7. The first kappa shape index (κ1) is 18.7. The number of nitrogens with one attached hydrogen (secondary N) is 1. The molecule has 0 aliphatic carbocycles. The van der Waals surface area contributed by atoms with Crippen LogP contribution in [0.15, 0.2) is 41.1 Å². The molecular weight excluding hydrogens is 396 g/mol. The van der Waals surface area contributed by atoms with Crippen molar-refractivity contribution in [2.75, 3.05) is 18.4 Å². The maximum Gasteiger partial charge on any atom is 0.238 e. The van der Waals surface area contributed by atoms with Gasteiger partial charge < -0.3 is 5.32 Å². The van der Waals surface area contributed by atoms with Crippen LogP contribution in [-0.4, -0.2) is 23.9 Å². The Labute approximate surface area is 172 Å². The summed E-state index contributed by atoms with van der Waals surface area (Å²) < 4.78 is 0. The summed E-state index contributed by atoms with van der Waals surface area (Å²) >= 11 is 9.92. The third kappa shape index (κ3) is 3.83. The molecule has 0 bridgehead atoms. The van der Waals surface area contributed by atoms with Crippen molar-refractivity contribution in [2.45, 2.75) is 26.3 Å². The van der Waals surface area contributed by atoms with E-state index in [1.807, 2.05) is 37.3 Å². The number of nitrogens with zero attached hydrogens (tertiary/aromatic N) is 1. The average Bonchev–Trinajstić information content (AvgIpc) is 3.29. The average molecular weight is 417 g/mol.